The summed E-state index contributed by atoms with van der Waals surface area (Å²) in [5.41, 5.74) is 3.42. The van der Waals surface area contributed by atoms with Gasteiger partial charge in [-0.25, -0.2) is 4.98 Å². The van der Waals surface area contributed by atoms with Crippen LogP contribution in [0.15, 0.2) is 30.6 Å². The van der Waals surface area contributed by atoms with Gasteiger partial charge in [-0.15, -0.1) is 11.8 Å². The summed E-state index contributed by atoms with van der Waals surface area (Å²) in [4.78, 5) is 12.9. The molecule has 7 nitrogen and oxygen atoms in total. The molecule has 2 aromatic heterocycles. The Bertz CT molecular complexity index is 950. The fourth-order valence-electron chi connectivity index (χ4n) is 3.04. The highest BCUT2D eigenvalue weighted by Gasteiger charge is 2.36. The molecule has 1 fully saturated rings. The zero-order valence-electron chi connectivity index (χ0n) is 14.0. The average Bonchev–Trinajstić information content (AvgIpc) is 3.17. The van der Waals surface area contributed by atoms with Crippen molar-refractivity contribution in [3.8, 4) is 0 Å². The van der Waals surface area contributed by atoms with Crippen LogP contribution in [0.4, 0.5) is 5.82 Å². The van der Waals surface area contributed by atoms with E-state index >= 15 is 0 Å². The first kappa shape index (κ1) is 17.5. The minimum atomic E-state index is -0.880. The molecular formula is C17H18ClN5O2S. The van der Waals surface area contributed by atoms with Crippen LogP contribution in [0.5, 0.6) is 0 Å². The van der Waals surface area contributed by atoms with Gasteiger partial charge in [0, 0.05) is 12.3 Å². The van der Waals surface area contributed by atoms with E-state index in [-0.39, 0.29) is 10.7 Å². The van der Waals surface area contributed by atoms with E-state index in [1.807, 2.05) is 25.1 Å². The molecule has 136 valence electrons. The Balaban J connectivity index is 1.66. The van der Waals surface area contributed by atoms with E-state index in [2.05, 4.69) is 26.3 Å². The normalized spacial score (nSPS) is 22.8. The number of hydrogen-bond acceptors (Lipinski definition) is 7. The van der Waals surface area contributed by atoms with Crippen LogP contribution < -0.4 is 5.32 Å². The lowest BCUT2D eigenvalue weighted by atomic mass is 10.1. The second-order valence-corrected chi connectivity index (χ2v) is 7.78. The van der Waals surface area contributed by atoms with Crippen molar-refractivity contribution in [2.24, 2.45) is 0 Å². The van der Waals surface area contributed by atoms with Gasteiger partial charge in [-0.2, -0.15) is 9.97 Å². The molecule has 0 amide bonds. The second-order valence-electron chi connectivity index (χ2n) is 6.29. The minimum absolute atomic E-state index is 0.101. The van der Waals surface area contributed by atoms with Crippen LogP contribution >= 0.6 is 23.4 Å². The summed E-state index contributed by atoms with van der Waals surface area (Å²) in [6.45, 7) is 2.63. The Kier molecular flexibility index (Phi) is 4.74. The quantitative estimate of drug-likeness (QED) is 0.587. The Morgan fingerprint density at radius 2 is 2.19 bits per heavy atom. The number of fused-ring (bicyclic) bond motifs is 1. The SMILES string of the molecule is Cc1cccc(CNc2nc(Cl)nc3c2ncn3[C@@H]2SC[C@H](O)C2O)c1. The maximum Gasteiger partial charge on any atom is 0.226 e. The monoisotopic (exact) mass is 391 g/mol. The van der Waals surface area contributed by atoms with Crippen molar-refractivity contribution in [2.45, 2.75) is 31.1 Å². The molecule has 0 saturated carbocycles. The highest BCUT2D eigenvalue weighted by Crippen LogP contribution is 2.38. The van der Waals surface area contributed by atoms with Crippen molar-refractivity contribution in [1.82, 2.24) is 19.5 Å². The number of aryl methyl sites for hydroxylation is 1. The topological polar surface area (TPSA) is 96.1 Å². The van der Waals surface area contributed by atoms with Crippen LogP contribution in [0.1, 0.15) is 16.5 Å². The van der Waals surface area contributed by atoms with E-state index < -0.39 is 12.2 Å². The maximum absolute atomic E-state index is 10.2. The van der Waals surface area contributed by atoms with E-state index in [1.165, 1.54) is 17.3 Å². The Morgan fingerprint density at radius 1 is 1.35 bits per heavy atom. The van der Waals surface area contributed by atoms with Crippen molar-refractivity contribution < 1.29 is 10.2 Å². The zero-order chi connectivity index (χ0) is 18.3. The molecule has 1 unspecified atom stereocenters. The van der Waals surface area contributed by atoms with E-state index in [4.69, 9.17) is 11.6 Å². The number of imidazole rings is 1. The number of nitrogens with zero attached hydrogens (tertiary/aromatic N) is 4. The third-order valence-electron chi connectivity index (χ3n) is 4.33. The van der Waals surface area contributed by atoms with Gasteiger partial charge in [0.1, 0.15) is 11.5 Å². The van der Waals surface area contributed by atoms with E-state index in [9.17, 15) is 10.2 Å². The number of anilines is 1. The fourth-order valence-corrected chi connectivity index (χ4v) is 4.49. The first-order valence-electron chi connectivity index (χ1n) is 8.20. The van der Waals surface area contributed by atoms with E-state index in [0.717, 1.165) is 5.56 Å². The molecule has 3 atom stereocenters. The van der Waals surface area contributed by atoms with Crippen LogP contribution in [0.3, 0.4) is 0 Å². The number of hydrogen-bond donors (Lipinski definition) is 3. The average molecular weight is 392 g/mol. The number of aliphatic hydroxyl groups is 2. The van der Waals surface area contributed by atoms with Crippen molar-refractivity contribution in [1.29, 1.82) is 0 Å². The summed E-state index contributed by atoms with van der Waals surface area (Å²) in [5, 5.41) is 23.0. The number of aromatic nitrogens is 4. The molecule has 3 heterocycles. The van der Waals surface area contributed by atoms with Crippen LogP contribution in [0.2, 0.25) is 5.28 Å². The van der Waals surface area contributed by atoms with Gasteiger partial charge in [0.25, 0.3) is 0 Å². The molecule has 1 saturated heterocycles. The van der Waals surface area contributed by atoms with Crippen LogP contribution in [-0.2, 0) is 6.54 Å². The van der Waals surface area contributed by atoms with E-state index in [0.29, 0.717) is 29.3 Å². The Labute approximate surface area is 159 Å². The van der Waals surface area contributed by atoms with E-state index in [1.54, 1.807) is 10.9 Å². The molecule has 4 rings (SSSR count). The molecule has 3 N–H and O–H groups in total. The van der Waals surface area contributed by atoms with Crippen LogP contribution in [0.25, 0.3) is 11.2 Å². The molecule has 1 aromatic carbocycles. The van der Waals surface area contributed by atoms with Gasteiger partial charge in [0.05, 0.1) is 12.4 Å². The molecule has 0 radical (unpaired) electrons. The van der Waals surface area contributed by atoms with Crippen molar-refractivity contribution in [2.75, 3.05) is 11.1 Å². The first-order chi connectivity index (χ1) is 12.5. The highest BCUT2D eigenvalue weighted by atomic mass is 35.5. The molecule has 0 spiro atoms. The summed E-state index contributed by atoms with van der Waals surface area (Å²) >= 11 is 7.56. The number of halogens is 1. The number of aliphatic hydroxyl groups excluding tert-OH is 2. The lowest BCUT2D eigenvalue weighted by molar-refractivity contribution is 0.0313. The van der Waals surface area contributed by atoms with Gasteiger partial charge in [-0.3, -0.25) is 4.57 Å². The van der Waals surface area contributed by atoms with Gasteiger partial charge in [0.2, 0.25) is 5.28 Å². The number of nitrogens with one attached hydrogen (secondary N) is 1. The molecule has 1 aliphatic heterocycles. The highest BCUT2D eigenvalue weighted by molar-refractivity contribution is 7.99. The lowest BCUT2D eigenvalue weighted by Gasteiger charge is -2.17. The Hall–Kier alpha value is -1.87. The van der Waals surface area contributed by atoms with Gasteiger partial charge in [0.15, 0.2) is 17.0 Å². The molecule has 9 heteroatoms. The Morgan fingerprint density at radius 3 is 2.92 bits per heavy atom. The minimum Gasteiger partial charge on any atom is -0.389 e. The van der Waals surface area contributed by atoms with Gasteiger partial charge in [-0.05, 0) is 24.1 Å². The number of benzene rings is 1. The summed E-state index contributed by atoms with van der Waals surface area (Å²) in [7, 11) is 0. The van der Waals surface area contributed by atoms with Crippen LogP contribution in [-0.4, -0.2) is 47.7 Å². The molecule has 1 aliphatic rings. The first-order valence-corrected chi connectivity index (χ1v) is 9.63. The van der Waals surface area contributed by atoms with Crippen molar-refractivity contribution in [3.05, 3.63) is 47.0 Å². The molecule has 26 heavy (non-hydrogen) atoms. The standard InChI is InChI=1S/C17H18ClN5O2S/c1-9-3-2-4-10(5-9)6-19-14-12-15(22-17(18)21-14)23(8-20-12)16-13(25)11(24)7-26-16/h2-5,8,11,13,16,24-25H,6-7H2,1H3,(H,19,21,22)/t11-,13?,16+/m0/s1. The number of thioether (sulfide) groups is 1. The zero-order valence-corrected chi connectivity index (χ0v) is 15.6. The fraction of sp³-hybridized carbons (Fsp3) is 0.353. The third-order valence-corrected chi connectivity index (χ3v) is 5.89. The van der Waals surface area contributed by atoms with Gasteiger partial charge >= 0.3 is 0 Å². The number of rotatable bonds is 4. The molecule has 3 aromatic rings. The largest absolute Gasteiger partial charge is 0.389 e. The smallest absolute Gasteiger partial charge is 0.226 e. The second kappa shape index (κ2) is 7.03. The summed E-state index contributed by atoms with van der Waals surface area (Å²) in [5.74, 6) is 1.00. The summed E-state index contributed by atoms with van der Waals surface area (Å²) in [6.07, 6.45) is -0.0413. The molecular weight excluding hydrogens is 374 g/mol. The lowest BCUT2D eigenvalue weighted by Crippen LogP contribution is -2.27. The molecule has 0 bridgehead atoms. The van der Waals surface area contributed by atoms with Crippen LogP contribution in [0, 0.1) is 6.92 Å². The predicted molar refractivity (Wildman–Crippen MR) is 102 cm³/mol. The van der Waals surface area contributed by atoms with Crippen molar-refractivity contribution >= 4 is 40.3 Å². The molecule has 0 aliphatic carbocycles. The summed E-state index contributed by atoms with van der Waals surface area (Å²) < 4.78 is 1.74. The summed E-state index contributed by atoms with van der Waals surface area (Å²) in [6, 6.07) is 8.18. The maximum atomic E-state index is 10.2. The van der Waals surface area contributed by atoms with Gasteiger partial charge in [-0.1, -0.05) is 29.8 Å². The predicted octanol–water partition coefficient (Wildman–Crippen LogP) is 2.37. The third kappa shape index (κ3) is 3.25. The van der Waals surface area contributed by atoms with Crippen molar-refractivity contribution in [3.63, 3.8) is 0 Å². The van der Waals surface area contributed by atoms with Gasteiger partial charge < -0.3 is 15.5 Å².